The summed E-state index contributed by atoms with van der Waals surface area (Å²) in [5.74, 6) is 0.658. The number of hydrogen-bond acceptors (Lipinski definition) is 4. The number of methoxy groups -OCH3 is 1. The number of fused-ring (bicyclic) bond motifs is 1. The Morgan fingerprint density at radius 3 is 2.54 bits per heavy atom. The first-order valence-electron chi connectivity index (χ1n) is 10.8. The van der Waals surface area contributed by atoms with Crippen molar-refractivity contribution in [1.82, 2.24) is 14.5 Å². The highest BCUT2D eigenvalue weighted by atomic mass is 35.5. The van der Waals surface area contributed by atoms with Crippen molar-refractivity contribution >= 4 is 40.5 Å². The molecule has 0 atom stereocenters. The van der Waals surface area contributed by atoms with Gasteiger partial charge in [-0.05, 0) is 36.8 Å². The summed E-state index contributed by atoms with van der Waals surface area (Å²) >= 11 is 13.8. The summed E-state index contributed by atoms with van der Waals surface area (Å²) in [5, 5.41) is 1.80. The van der Waals surface area contributed by atoms with Gasteiger partial charge in [0.25, 0.3) is 0 Å². The van der Waals surface area contributed by atoms with E-state index in [9.17, 15) is 4.79 Å². The van der Waals surface area contributed by atoms with Crippen molar-refractivity contribution in [3.8, 4) is 39.4 Å². The van der Waals surface area contributed by atoms with Crippen molar-refractivity contribution < 1.29 is 9.53 Å². The smallest absolute Gasteiger partial charge is 0.152 e. The van der Waals surface area contributed by atoms with Crippen LogP contribution in [0.4, 0.5) is 0 Å². The molecule has 5 rings (SSSR count). The zero-order valence-corrected chi connectivity index (χ0v) is 20.6. The molecule has 0 amide bonds. The van der Waals surface area contributed by atoms with Gasteiger partial charge >= 0.3 is 0 Å². The van der Waals surface area contributed by atoms with Crippen LogP contribution < -0.4 is 4.74 Å². The lowest BCUT2D eigenvalue weighted by Crippen LogP contribution is -1.94. The van der Waals surface area contributed by atoms with Crippen molar-refractivity contribution in [1.29, 1.82) is 0 Å². The van der Waals surface area contributed by atoms with E-state index in [1.165, 1.54) is 0 Å². The molecule has 173 valence electrons. The molecule has 3 heterocycles. The second kappa shape index (κ2) is 9.17. The van der Waals surface area contributed by atoms with Gasteiger partial charge in [0.1, 0.15) is 11.4 Å². The standard InChI is InChI=1S/C28H20Cl2N3O2/c1-16-7-8-17(13-24(16)35-3)27-26(30)21(11-12-31-27)20-5-4-6-22(25(20)29)23-10-9-19-18(15-34)14-33(2)28(19)32-23/h4-15H,1H2,2-3H3. The van der Waals surface area contributed by atoms with Crippen molar-refractivity contribution in [2.45, 2.75) is 0 Å². The number of hydrogen-bond donors (Lipinski definition) is 0. The topological polar surface area (TPSA) is 57.0 Å². The van der Waals surface area contributed by atoms with Crippen LogP contribution in [0.15, 0.2) is 67.0 Å². The average Bonchev–Trinajstić information content (AvgIpc) is 3.20. The lowest BCUT2D eigenvalue weighted by Gasteiger charge is -2.14. The van der Waals surface area contributed by atoms with E-state index in [1.54, 1.807) is 19.5 Å². The molecule has 1 radical (unpaired) electrons. The predicted molar refractivity (Wildman–Crippen MR) is 141 cm³/mol. The SMILES string of the molecule is [CH2]c1ccc(-c2nccc(-c3cccc(-c4ccc5c(C=O)cn(C)c5n4)c3Cl)c2Cl)cc1OC. The molecule has 0 aliphatic rings. The van der Waals surface area contributed by atoms with Gasteiger partial charge in [-0.25, -0.2) is 4.98 Å². The summed E-state index contributed by atoms with van der Waals surface area (Å²) in [4.78, 5) is 20.7. The van der Waals surface area contributed by atoms with E-state index in [1.807, 2.05) is 66.2 Å². The minimum absolute atomic E-state index is 0.479. The number of benzene rings is 2. The summed E-state index contributed by atoms with van der Waals surface area (Å²) < 4.78 is 7.24. The van der Waals surface area contributed by atoms with E-state index in [0.717, 1.165) is 39.5 Å². The van der Waals surface area contributed by atoms with E-state index < -0.39 is 0 Å². The number of pyridine rings is 2. The molecular formula is C28H20Cl2N3O2. The van der Waals surface area contributed by atoms with Crippen LogP contribution in [0.3, 0.4) is 0 Å². The van der Waals surface area contributed by atoms with Gasteiger partial charge in [0.2, 0.25) is 0 Å². The summed E-state index contributed by atoms with van der Waals surface area (Å²) in [6, 6.07) is 17.0. The quantitative estimate of drug-likeness (QED) is 0.238. The molecule has 0 N–H and O–H groups in total. The Labute approximate surface area is 212 Å². The molecule has 0 aliphatic heterocycles. The van der Waals surface area contributed by atoms with Crippen LogP contribution in [0.1, 0.15) is 15.9 Å². The predicted octanol–water partition coefficient (Wildman–Crippen LogP) is 7.28. The fourth-order valence-corrected chi connectivity index (χ4v) is 4.86. The molecule has 0 fully saturated rings. The molecule has 0 saturated carbocycles. The zero-order valence-electron chi connectivity index (χ0n) is 19.0. The number of carbonyl (C=O) groups is 1. The first-order valence-corrected chi connectivity index (χ1v) is 11.5. The van der Waals surface area contributed by atoms with Gasteiger partial charge in [-0.1, -0.05) is 53.5 Å². The Morgan fingerprint density at radius 1 is 1.00 bits per heavy atom. The molecule has 3 aromatic heterocycles. The lowest BCUT2D eigenvalue weighted by molar-refractivity contribution is 0.112. The largest absolute Gasteiger partial charge is 0.496 e. The van der Waals surface area contributed by atoms with Gasteiger partial charge in [-0.15, -0.1) is 0 Å². The van der Waals surface area contributed by atoms with E-state index in [0.29, 0.717) is 38.4 Å². The normalized spacial score (nSPS) is 11.1. The first kappa shape index (κ1) is 23.1. The van der Waals surface area contributed by atoms with Crippen LogP contribution in [0.2, 0.25) is 10.0 Å². The Kier molecular flexibility index (Phi) is 6.05. The molecule has 0 unspecified atom stereocenters. The molecule has 2 aromatic carbocycles. The van der Waals surface area contributed by atoms with Crippen molar-refractivity contribution in [3.05, 3.63) is 95.1 Å². The number of aldehydes is 1. The van der Waals surface area contributed by atoms with Gasteiger partial charge in [-0.2, -0.15) is 0 Å². The molecule has 35 heavy (non-hydrogen) atoms. The summed E-state index contributed by atoms with van der Waals surface area (Å²) in [5.41, 5.74) is 6.50. The Balaban J connectivity index is 1.63. The first-order chi connectivity index (χ1) is 16.9. The number of ether oxygens (including phenoxy) is 1. The highest BCUT2D eigenvalue weighted by Crippen LogP contribution is 2.42. The highest BCUT2D eigenvalue weighted by Gasteiger charge is 2.18. The van der Waals surface area contributed by atoms with E-state index in [4.69, 9.17) is 32.9 Å². The van der Waals surface area contributed by atoms with Crippen LogP contribution in [0.5, 0.6) is 5.75 Å². The Hall–Kier alpha value is -3.67. The minimum Gasteiger partial charge on any atom is -0.496 e. The summed E-state index contributed by atoms with van der Waals surface area (Å²) in [6.07, 6.45) is 4.31. The second-order valence-electron chi connectivity index (χ2n) is 8.10. The summed E-state index contributed by atoms with van der Waals surface area (Å²) in [6.45, 7) is 3.97. The molecule has 5 nitrogen and oxygen atoms in total. The van der Waals surface area contributed by atoms with E-state index in [-0.39, 0.29) is 0 Å². The van der Waals surface area contributed by atoms with Crippen LogP contribution in [-0.2, 0) is 7.05 Å². The Morgan fingerprint density at radius 2 is 1.77 bits per heavy atom. The van der Waals surface area contributed by atoms with E-state index in [2.05, 4.69) is 11.9 Å². The van der Waals surface area contributed by atoms with Crippen molar-refractivity contribution in [2.24, 2.45) is 7.05 Å². The maximum absolute atomic E-state index is 11.4. The number of carbonyl (C=O) groups excluding carboxylic acids is 1. The third-order valence-electron chi connectivity index (χ3n) is 5.99. The van der Waals surface area contributed by atoms with Crippen molar-refractivity contribution in [2.75, 3.05) is 7.11 Å². The summed E-state index contributed by atoms with van der Waals surface area (Å²) in [7, 11) is 3.46. The molecule has 0 bridgehead atoms. The van der Waals surface area contributed by atoms with Gasteiger partial charge < -0.3 is 9.30 Å². The highest BCUT2D eigenvalue weighted by molar-refractivity contribution is 6.39. The average molecular weight is 501 g/mol. The van der Waals surface area contributed by atoms with Gasteiger partial charge in [0.15, 0.2) is 6.29 Å². The van der Waals surface area contributed by atoms with Gasteiger partial charge in [0.05, 0.1) is 28.5 Å². The fourth-order valence-electron chi connectivity index (χ4n) is 4.21. The number of aromatic nitrogens is 3. The minimum atomic E-state index is 0.479. The maximum atomic E-state index is 11.4. The molecule has 5 aromatic rings. The number of halogens is 2. The molecule has 7 heteroatoms. The Bertz CT molecular complexity index is 1610. The monoisotopic (exact) mass is 500 g/mol. The second-order valence-corrected chi connectivity index (χ2v) is 8.85. The third kappa shape index (κ3) is 3.97. The number of nitrogens with zero attached hydrogens (tertiary/aromatic N) is 3. The third-order valence-corrected chi connectivity index (χ3v) is 6.78. The van der Waals surface area contributed by atoms with Gasteiger partial charge in [0, 0.05) is 52.6 Å². The number of rotatable bonds is 5. The van der Waals surface area contributed by atoms with Crippen LogP contribution in [0.25, 0.3) is 44.7 Å². The molecular weight excluding hydrogens is 481 g/mol. The molecule has 0 saturated heterocycles. The van der Waals surface area contributed by atoms with Crippen molar-refractivity contribution in [3.63, 3.8) is 0 Å². The zero-order chi connectivity index (χ0) is 24.7. The van der Waals surface area contributed by atoms with Crippen LogP contribution in [0, 0.1) is 6.92 Å². The van der Waals surface area contributed by atoms with E-state index >= 15 is 0 Å². The molecule has 0 spiro atoms. The number of aryl methyl sites for hydroxylation is 1. The van der Waals surface area contributed by atoms with Crippen LogP contribution in [-0.4, -0.2) is 27.9 Å². The van der Waals surface area contributed by atoms with Gasteiger partial charge in [-0.3, -0.25) is 9.78 Å². The molecule has 0 aliphatic carbocycles. The lowest BCUT2D eigenvalue weighted by atomic mass is 9.99. The van der Waals surface area contributed by atoms with Crippen LogP contribution >= 0.6 is 23.2 Å². The maximum Gasteiger partial charge on any atom is 0.152 e. The fraction of sp³-hybridized carbons (Fsp3) is 0.0714.